The molecule has 6 heteroatoms. The summed E-state index contributed by atoms with van der Waals surface area (Å²) in [6, 6.07) is 5.40. The fraction of sp³-hybridized carbons (Fsp3) is 0.417. The van der Waals surface area contributed by atoms with Crippen LogP contribution in [0.2, 0.25) is 0 Å². The van der Waals surface area contributed by atoms with Gasteiger partial charge in [0.05, 0.1) is 17.2 Å². The SMILES string of the molecule is CCS(=O)(=O)c1cc(C2(C#N)CC2)cnc1C#N. The highest BCUT2D eigenvalue weighted by Crippen LogP contribution is 2.47. The predicted molar refractivity (Wildman–Crippen MR) is 63.2 cm³/mol. The number of nitrogens with zero attached hydrogens (tertiary/aromatic N) is 3. The normalized spacial score (nSPS) is 16.6. The number of hydrogen-bond acceptors (Lipinski definition) is 5. The maximum Gasteiger partial charge on any atom is 0.180 e. The topological polar surface area (TPSA) is 94.6 Å². The molecule has 0 aromatic carbocycles. The summed E-state index contributed by atoms with van der Waals surface area (Å²) in [6.45, 7) is 1.51. The predicted octanol–water partition coefficient (Wildman–Crippen LogP) is 1.30. The number of nitriles is 2. The van der Waals surface area contributed by atoms with Crippen molar-refractivity contribution in [3.8, 4) is 12.1 Å². The fourth-order valence-corrected chi connectivity index (χ4v) is 2.78. The van der Waals surface area contributed by atoms with Gasteiger partial charge in [-0.05, 0) is 24.5 Å². The van der Waals surface area contributed by atoms with Crippen LogP contribution >= 0.6 is 0 Å². The Morgan fingerprint density at radius 3 is 2.56 bits per heavy atom. The molecule has 18 heavy (non-hydrogen) atoms. The van der Waals surface area contributed by atoms with Crippen molar-refractivity contribution in [2.24, 2.45) is 0 Å². The molecule has 1 aromatic heterocycles. The number of rotatable bonds is 3. The molecular formula is C12H11N3O2S. The molecule has 0 aliphatic heterocycles. The fourth-order valence-electron chi connectivity index (χ4n) is 1.77. The van der Waals surface area contributed by atoms with Gasteiger partial charge in [-0.3, -0.25) is 0 Å². The lowest BCUT2D eigenvalue weighted by atomic mass is 10.00. The zero-order valence-electron chi connectivity index (χ0n) is 9.84. The lowest BCUT2D eigenvalue weighted by Gasteiger charge is -2.09. The first kappa shape index (κ1) is 12.5. The van der Waals surface area contributed by atoms with Gasteiger partial charge in [0.25, 0.3) is 0 Å². The minimum Gasteiger partial charge on any atom is -0.244 e. The van der Waals surface area contributed by atoms with Crippen molar-refractivity contribution in [3.05, 3.63) is 23.5 Å². The Kier molecular flexibility index (Phi) is 2.84. The van der Waals surface area contributed by atoms with Crippen molar-refractivity contribution in [3.63, 3.8) is 0 Å². The van der Waals surface area contributed by atoms with E-state index >= 15 is 0 Å². The number of pyridine rings is 1. The van der Waals surface area contributed by atoms with E-state index in [9.17, 15) is 8.42 Å². The van der Waals surface area contributed by atoms with Gasteiger partial charge in [0.1, 0.15) is 11.0 Å². The molecular weight excluding hydrogens is 250 g/mol. The lowest BCUT2D eigenvalue weighted by Crippen LogP contribution is -2.11. The van der Waals surface area contributed by atoms with E-state index in [0.29, 0.717) is 18.4 Å². The largest absolute Gasteiger partial charge is 0.244 e. The molecule has 0 bridgehead atoms. The van der Waals surface area contributed by atoms with Gasteiger partial charge in [0.2, 0.25) is 0 Å². The van der Waals surface area contributed by atoms with Gasteiger partial charge in [-0.15, -0.1) is 0 Å². The van der Waals surface area contributed by atoms with Crippen LogP contribution in [0.5, 0.6) is 0 Å². The number of sulfone groups is 1. The Morgan fingerprint density at radius 2 is 2.11 bits per heavy atom. The molecule has 1 aliphatic carbocycles. The van der Waals surface area contributed by atoms with Crippen LogP contribution in [0.3, 0.4) is 0 Å². The zero-order valence-corrected chi connectivity index (χ0v) is 10.7. The second-order valence-electron chi connectivity index (χ2n) is 4.28. The Morgan fingerprint density at radius 1 is 1.44 bits per heavy atom. The number of aromatic nitrogens is 1. The molecule has 5 nitrogen and oxygen atoms in total. The first-order valence-electron chi connectivity index (χ1n) is 5.54. The summed E-state index contributed by atoms with van der Waals surface area (Å²) in [4.78, 5) is 3.81. The highest BCUT2D eigenvalue weighted by molar-refractivity contribution is 7.91. The molecule has 2 rings (SSSR count). The van der Waals surface area contributed by atoms with Gasteiger partial charge in [-0.25, -0.2) is 13.4 Å². The van der Waals surface area contributed by atoms with Gasteiger partial charge in [-0.1, -0.05) is 6.92 Å². The minimum atomic E-state index is -3.50. The van der Waals surface area contributed by atoms with Crippen molar-refractivity contribution in [1.82, 2.24) is 4.98 Å². The van der Waals surface area contributed by atoms with Crippen molar-refractivity contribution < 1.29 is 8.42 Å². The van der Waals surface area contributed by atoms with Crippen molar-refractivity contribution >= 4 is 9.84 Å². The quantitative estimate of drug-likeness (QED) is 0.817. The summed E-state index contributed by atoms with van der Waals surface area (Å²) in [5.41, 5.74) is -0.107. The molecule has 0 atom stereocenters. The average molecular weight is 261 g/mol. The van der Waals surface area contributed by atoms with Crippen LogP contribution in [0.4, 0.5) is 0 Å². The van der Waals surface area contributed by atoms with Gasteiger partial charge >= 0.3 is 0 Å². The molecule has 1 aliphatic rings. The number of hydrogen-bond donors (Lipinski definition) is 0. The van der Waals surface area contributed by atoms with Gasteiger partial charge in [0.15, 0.2) is 15.5 Å². The van der Waals surface area contributed by atoms with Gasteiger partial charge in [-0.2, -0.15) is 10.5 Å². The van der Waals surface area contributed by atoms with Gasteiger partial charge < -0.3 is 0 Å². The first-order valence-corrected chi connectivity index (χ1v) is 7.19. The Bertz CT molecular complexity index is 676. The molecule has 1 aromatic rings. The average Bonchev–Trinajstić information content (AvgIpc) is 3.19. The summed E-state index contributed by atoms with van der Waals surface area (Å²) in [5.74, 6) is -0.0909. The molecule has 1 saturated carbocycles. The van der Waals surface area contributed by atoms with E-state index in [1.165, 1.54) is 19.2 Å². The van der Waals surface area contributed by atoms with Crippen molar-refractivity contribution in [1.29, 1.82) is 10.5 Å². The van der Waals surface area contributed by atoms with Crippen LogP contribution in [0, 0.1) is 22.7 Å². The molecule has 92 valence electrons. The van der Waals surface area contributed by atoms with Crippen LogP contribution in [-0.4, -0.2) is 19.2 Å². The van der Waals surface area contributed by atoms with Crippen LogP contribution < -0.4 is 0 Å². The summed E-state index contributed by atoms with van der Waals surface area (Å²) in [7, 11) is -3.50. The van der Waals surface area contributed by atoms with Crippen molar-refractivity contribution in [2.45, 2.75) is 30.1 Å². The second kappa shape index (κ2) is 4.08. The standard InChI is InChI=1S/C12H11N3O2S/c1-2-18(16,17)11-5-9(7-15-10(11)6-13)12(8-14)3-4-12/h5,7H,2-4H2,1H3. The molecule has 1 heterocycles. The molecule has 0 radical (unpaired) electrons. The van der Waals surface area contributed by atoms with E-state index in [4.69, 9.17) is 10.5 Å². The molecule has 0 N–H and O–H groups in total. The smallest absolute Gasteiger partial charge is 0.180 e. The van der Waals surface area contributed by atoms with Crippen LogP contribution in [0.1, 0.15) is 31.0 Å². The van der Waals surface area contributed by atoms with E-state index < -0.39 is 15.3 Å². The molecule has 0 spiro atoms. The summed E-state index contributed by atoms with van der Waals surface area (Å²) in [5, 5.41) is 18.0. The lowest BCUT2D eigenvalue weighted by molar-refractivity contribution is 0.596. The first-order chi connectivity index (χ1) is 8.49. The van der Waals surface area contributed by atoms with Crippen LogP contribution in [-0.2, 0) is 15.3 Å². The highest BCUT2D eigenvalue weighted by atomic mass is 32.2. The van der Waals surface area contributed by atoms with Crippen molar-refractivity contribution in [2.75, 3.05) is 5.75 Å². The van der Waals surface area contributed by atoms with E-state index in [1.807, 2.05) is 0 Å². The summed E-state index contributed by atoms with van der Waals surface area (Å²) >= 11 is 0. The molecule has 1 fully saturated rings. The maximum atomic E-state index is 11.9. The van der Waals surface area contributed by atoms with Crippen LogP contribution in [0.15, 0.2) is 17.2 Å². The third kappa shape index (κ3) is 1.85. The molecule has 0 saturated heterocycles. The maximum absolute atomic E-state index is 11.9. The molecule has 0 amide bonds. The van der Waals surface area contributed by atoms with E-state index in [0.717, 1.165) is 0 Å². The van der Waals surface area contributed by atoms with E-state index in [-0.39, 0.29) is 16.3 Å². The highest BCUT2D eigenvalue weighted by Gasteiger charge is 2.45. The Hall–Kier alpha value is -1.92. The molecule has 0 unspecified atom stereocenters. The van der Waals surface area contributed by atoms with E-state index in [1.54, 1.807) is 6.07 Å². The summed E-state index contributed by atoms with van der Waals surface area (Å²) in [6.07, 6.45) is 2.86. The third-order valence-electron chi connectivity index (χ3n) is 3.19. The minimum absolute atomic E-state index is 0.0634. The van der Waals surface area contributed by atoms with Crippen LogP contribution in [0.25, 0.3) is 0 Å². The second-order valence-corrected chi connectivity index (χ2v) is 6.53. The Balaban J connectivity index is 2.63. The monoisotopic (exact) mass is 261 g/mol. The zero-order chi connectivity index (χ0) is 13.4. The summed E-state index contributed by atoms with van der Waals surface area (Å²) < 4.78 is 23.8. The third-order valence-corrected chi connectivity index (χ3v) is 4.93. The van der Waals surface area contributed by atoms with Gasteiger partial charge in [0, 0.05) is 6.20 Å². The Labute approximate surface area is 106 Å². The van der Waals surface area contributed by atoms with E-state index in [2.05, 4.69) is 11.1 Å².